The number of β-amino-alcohol motifs (C(OH)–C–C–N with tert-alkyl or cyclic N) is 1. The van der Waals surface area contributed by atoms with Gasteiger partial charge in [-0.3, -0.25) is 9.69 Å². The Morgan fingerprint density at radius 1 is 1.10 bits per heavy atom. The molecular weight excluding hydrogens is 494 g/mol. The second-order valence-corrected chi connectivity index (χ2v) is 11.1. The molecule has 0 radical (unpaired) electrons. The summed E-state index contributed by atoms with van der Waals surface area (Å²) in [5.41, 5.74) is 11.6. The van der Waals surface area contributed by atoms with Gasteiger partial charge in [0.2, 0.25) is 5.95 Å². The van der Waals surface area contributed by atoms with Gasteiger partial charge in [-0.15, -0.1) is 0 Å². The Bertz CT molecular complexity index is 1390. The number of nitrogens with zero attached hydrogens (tertiary/aromatic N) is 4. The molecule has 0 spiro atoms. The van der Waals surface area contributed by atoms with Crippen LogP contribution in [0.25, 0.3) is 0 Å². The maximum Gasteiger partial charge on any atom is 0.254 e. The van der Waals surface area contributed by atoms with Gasteiger partial charge in [-0.1, -0.05) is 12.1 Å². The maximum absolute atomic E-state index is 12.3. The Labute approximate surface area is 229 Å². The Morgan fingerprint density at radius 2 is 1.92 bits per heavy atom. The van der Waals surface area contributed by atoms with E-state index in [4.69, 9.17) is 10.5 Å². The number of carbonyl (C=O) groups is 1. The number of likely N-dealkylation sites (N-methyl/N-ethyl adjacent to an activating group) is 1. The lowest BCUT2D eigenvalue weighted by atomic mass is 9.96. The molecule has 1 aromatic heterocycles. The summed E-state index contributed by atoms with van der Waals surface area (Å²) in [6.07, 6.45) is 3.22. The van der Waals surface area contributed by atoms with Gasteiger partial charge in [-0.25, -0.2) is 4.98 Å². The van der Waals surface area contributed by atoms with E-state index >= 15 is 0 Å². The summed E-state index contributed by atoms with van der Waals surface area (Å²) in [5.74, 6) is 0.762. The van der Waals surface area contributed by atoms with E-state index in [2.05, 4.69) is 55.6 Å². The van der Waals surface area contributed by atoms with Crippen LogP contribution in [0.15, 0.2) is 36.5 Å². The molecule has 0 aliphatic carbocycles. The fraction of sp³-hybridized carbons (Fsp3) is 0.414. The van der Waals surface area contributed by atoms with Gasteiger partial charge in [0.25, 0.3) is 5.91 Å². The highest BCUT2D eigenvalue weighted by atomic mass is 16.5. The first-order valence-electron chi connectivity index (χ1n) is 13.2. The largest absolute Gasteiger partial charge is 0.495 e. The summed E-state index contributed by atoms with van der Waals surface area (Å²) in [7, 11) is 3.75. The number of hydrogen-bond acceptors (Lipinski definition) is 9. The fourth-order valence-electron chi connectivity index (χ4n) is 5.43. The van der Waals surface area contributed by atoms with Gasteiger partial charge in [0.05, 0.1) is 18.4 Å². The molecule has 2 aliphatic rings. The van der Waals surface area contributed by atoms with Gasteiger partial charge in [-0.05, 0) is 74.2 Å². The first-order valence-corrected chi connectivity index (χ1v) is 13.2. The molecule has 10 heteroatoms. The molecular formula is C29H37N7O3. The number of anilines is 4. The molecule has 39 heavy (non-hydrogen) atoms. The number of benzene rings is 2. The second kappa shape index (κ2) is 10.8. The number of fused-ring (bicyclic) bond motifs is 2. The number of primary amides is 1. The molecule has 1 amide bonds. The number of hydrogen-bond donors (Lipinski definition) is 4. The third kappa shape index (κ3) is 6.13. The van der Waals surface area contributed by atoms with E-state index in [9.17, 15) is 9.90 Å². The van der Waals surface area contributed by atoms with Crippen LogP contribution >= 0.6 is 0 Å². The van der Waals surface area contributed by atoms with Crippen LogP contribution in [0.5, 0.6) is 5.75 Å². The van der Waals surface area contributed by atoms with Gasteiger partial charge < -0.3 is 31.1 Å². The zero-order valence-corrected chi connectivity index (χ0v) is 23.0. The smallest absolute Gasteiger partial charge is 0.254 e. The van der Waals surface area contributed by atoms with Gasteiger partial charge in [0, 0.05) is 44.6 Å². The van der Waals surface area contributed by atoms with Crippen molar-refractivity contribution in [3.05, 3.63) is 64.3 Å². The number of methoxy groups -OCH3 is 1. The minimum Gasteiger partial charge on any atom is -0.495 e. The predicted molar refractivity (Wildman–Crippen MR) is 152 cm³/mol. The molecule has 3 heterocycles. The lowest BCUT2D eigenvalue weighted by Gasteiger charge is -2.34. The number of aliphatic hydroxyl groups is 1. The molecule has 206 valence electrons. The highest BCUT2D eigenvalue weighted by Gasteiger charge is 2.25. The Balaban J connectivity index is 1.43. The molecule has 0 saturated carbocycles. The van der Waals surface area contributed by atoms with Gasteiger partial charge in [0.15, 0.2) is 0 Å². The molecule has 2 aliphatic heterocycles. The summed E-state index contributed by atoms with van der Waals surface area (Å²) in [5, 5.41) is 16.9. The van der Waals surface area contributed by atoms with Crippen molar-refractivity contribution in [2.24, 2.45) is 5.73 Å². The molecule has 3 aromatic rings. The van der Waals surface area contributed by atoms with E-state index in [1.165, 1.54) is 22.9 Å². The average molecular weight is 532 g/mol. The summed E-state index contributed by atoms with van der Waals surface area (Å²) >= 11 is 0. The number of nitrogens with one attached hydrogen (secondary N) is 2. The quantitative estimate of drug-likeness (QED) is 0.346. The summed E-state index contributed by atoms with van der Waals surface area (Å²) in [6, 6.07) is 10.2. The van der Waals surface area contributed by atoms with Crippen molar-refractivity contribution in [2.75, 3.05) is 44.4 Å². The minimum absolute atomic E-state index is 0.205. The van der Waals surface area contributed by atoms with Crippen LogP contribution in [0, 0.1) is 0 Å². The monoisotopic (exact) mass is 531 g/mol. The Kier molecular flexibility index (Phi) is 7.44. The summed E-state index contributed by atoms with van der Waals surface area (Å²) in [4.78, 5) is 25.8. The SMILES string of the molecule is COc1cc2c(cc1Nc1ncc(C(N)=O)c(Nc3cccc4c3CCN(CC(C)(C)O)C4)n1)CN(C)CC2. The van der Waals surface area contributed by atoms with Gasteiger partial charge >= 0.3 is 0 Å². The van der Waals surface area contributed by atoms with E-state index in [0.29, 0.717) is 24.1 Å². The highest BCUT2D eigenvalue weighted by molar-refractivity contribution is 5.98. The third-order valence-corrected chi connectivity index (χ3v) is 7.23. The van der Waals surface area contributed by atoms with Gasteiger partial charge in [-0.2, -0.15) is 4.98 Å². The van der Waals surface area contributed by atoms with Crippen LogP contribution in [0.1, 0.15) is 46.5 Å². The van der Waals surface area contributed by atoms with E-state index in [0.717, 1.165) is 56.0 Å². The molecule has 0 atom stereocenters. The minimum atomic E-state index is -0.759. The van der Waals surface area contributed by atoms with E-state index in [1.54, 1.807) is 7.11 Å². The van der Waals surface area contributed by atoms with Crippen LogP contribution in [0.4, 0.5) is 23.1 Å². The van der Waals surface area contributed by atoms with Crippen molar-refractivity contribution < 1.29 is 14.6 Å². The van der Waals surface area contributed by atoms with Crippen LogP contribution in [-0.4, -0.2) is 70.2 Å². The molecule has 10 nitrogen and oxygen atoms in total. The van der Waals surface area contributed by atoms with Crippen molar-refractivity contribution in [1.82, 2.24) is 19.8 Å². The van der Waals surface area contributed by atoms with Crippen molar-refractivity contribution >= 4 is 29.0 Å². The van der Waals surface area contributed by atoms with Gasteiger partial charge in [0.1, 0.15) is 17.1 Å². The zero-order chi connectivity index (χ0) is 27.7. The number of carbonyl (C=O) groups excluding carboxylic acids is 1. The van der Waals surface area contributed by atoms with E-state index in [1.807, 2.05) is 26.0 Å². The number of nitrogens with two attached hydrogens (primary N) is 1. The van der Waals surface area contributed by atoms with Crippen LogP contribution in [0.2, 0.25) is 0 Å². The molecule has 2 aromatic carbocycles. The second-order valence-electron chi connectivity index (χ2n) is 11.1. The first-order chi connectivity index (χ1) is 18.6. The first kappa shape index (κ1) is 26.9. The van der Waals surface area contributed by atoms with E-state index in [-0.39, 0.29) is 5.56 Å². The fourth-order valence-corrected chi connectivity index (χ4v) is 5.43. The highest BCUT2D eigenvalue weighted by Crippen LogP contribution is 2.34. The maximum atomic E-state index is 12.3. The molecule has 0 saturated heterocycles. The topological polar surface area (TPSA) is 129 Å². The number of amides is 1. The van der Waals surface area contributed by atoms with E-state index < -0.39 is 11.5 Å². The van der Waals surface area contributed by atoms with Crippen molar-refractivity contribution in [3.8, 4) is 5.75 Å². The molecule has 5 rings (SSSR count). The molecule has 0 fully saturated rings. The number of aromatic nitrogens is 2. The zero-order valence-electron chi connectivity index (χ0n) is 23.0. The number of ether oxygens (including phenoxy) is 1. The van der Waals surface area contributed by atoms with Crippen molar-refractivity contribution in [3.63, 3.8) is 0 Å². The normalized spacial score (nSPS) is 15.8. The lowest BCUT2D eigenvalue weighted by molar-refractivity contribution is 0.0318. The van der Waals surface area contributed by atoms with Crippen LogP contribution < -0.4 is 21.1 Å². The van der Waals surface area contributed by atoms with Crippen LogP contribution in [-0.2, 0) is 25.9 Å². The third-order valence-electron chi connectivity index (χ3n) is 7.23. The van der Waals surface area contributed by atoms with Crippen molar-refractivity contribution in [1.29, 1.82) is 0 Å². The molecule has 0 bridgehead atoms. The summed E-state index contributed by atoms with van der Waals surface area (Å²) in [6.45, 7) is 7.67. The van der Waals surface area contributed by atoms with Crippen LogP contribution in [0.3, 0.4) is 0 Å². The Morgan fingerprint density at radius 3 is 2.67 bits per heavy atom. The number of rotatable bonds is 8. The molecule has 5 N–H and O–H groups in total. The Hall–Kier alpha value is -3.73. The predicted octanol–water partition coefficient (Wildman–Crippen LogP) is 3.19. The lowest BCUT2D eigenvalue weighted by Crippen LogP contribution is -2.41. The standard InChI is InChI=1S/C29H37N7O3/c1-29(2,38)17-36-11-9-21-19(16-36)6-5-7-23(21)32-27-22(26(30)37)14-31-28(34-27)33-24-12-20-15-35(3)10-8-18(20)13-25(24)39-4/h5-7,12-14,38H,8-11,15-17H2,1-4H3,(H2,30,37)(H2,31,32,33,34). The average Bonchev–Trinajstić information content (AvgIpc) is 2.87. The van der Waals surface area contributed by atoms with Crippen molar-refractivity contribution in [2.45, 2.75) is 45.4 Å². The molecule has 0 unspecified atom stereocenters. The summed E-state index contributed by atoms with van der Waals surface area (Å²) < 4.78 is 5.66.